The average molecular weight is 539 g/mol. The van der Waals surface area contributed by atoms with E-state index in [-0.39, 0.29) is 0 Å². The minimum absolute atomic E-state index is 1.11. The molecule has 0 fully saturated rings. The van der Waals surface area contributed by atoms with E-state index in [4.69, 9.17) is 0 Å². The van der Waals surface area contributed by atoms with Crippen LogP contribution in [0, 0.1) is 0 Å². The maximum Gasteiger partial charge on any atom is -0.0285 e. The summed E-state index contributed by atoms with van der Waals surface area (Å²) >= 11 is 0. The highest BCUT2D eigenvalue weighted by Gasteiger charge is 1.91. The van der Waals surface area contributed by atoms with Crippen molar-refractivity contribution in [2.75, 3.05) is 0 Å². The maximum atomic E-state index is 2.39. The van der Waals surface area contributed by atoms with E-state index in [9.17, 15) is 0 Å². The quantitative estimate of drug-likeness (QED) is 0.128. The van der Waals surface area contributed by atoms with Crippen molar-refractivity contribution in [1.29, 1.82) is 0 Å². The second kappa shape index (κ2) is 23.7. The average Bonchev–Trinajstić information content (AvgIpc) is 2.86. The first kappa shape index (κ1) is 36.9. The molecular formula is C40H58. The van der Waals surface area contributed by atoms with Gasteiger partial charge in [-0.15, -0.1) is 0 Å². The van der Waals surface area contributed by atoms with Crippen LogP contribution in [-0.4, -0.2) is 0 Å². The van der Waals surface area contributed by atoms with Crippen molar-refractivity contribution in [1.82, 2.24) is 0 Å². The molecule has 0 aromatic rings. The van der Waals surface area contributed by atoms with Crippen LogP contribution in [0.5, 0.6) is 0 Å². The van der Waals surface area contributed by atoms with Gasteiger partial charge in [0.2, 0.25) is 0 Å². The minimum Gasteiger partial charge on any atom is -0.0856 e. The number of rotatable bonds is 17. The summed E-state index contributed by atoms with van der Waals surface area (Å²) in [6.07, 6.45) is 41.8. The van der Waals surface area contributed by atoms with Crippen molar-refractivity contribution in [3.8, 4) is 0 Å². The van der Waals surface area contributed by atoms with E-state index in [1.807, 2.05) is 0 Å². The Balaban J connectivity index is 4.60. The molecule has 0 saturated heterocycles. The summed E-state index contributed by atoms with van der Waals surface area (Å²) < 4.78 is 0. The standard InChI is InChI=1S/C40H58/c1-33(2)19-13-23-37(7)27-17-31-39(9)29-15-25-35(5)21-11-12-22-36(6)26-16-30-40(10)32-18-28-38(8)24-14-20-34(3)4/h11-12,15-17,19-22,25-31H,13-14,18,23-24,32H2,1-10H3/b12-11-,25-15+,26-16+,31-17+,35-21+,36-22+,37-27+,38-28+,39-29+,40-30+. The first-order chi connectivity index (χ1) is 19.0. The molecule has 0 unspecified atom stereocenters. The van der Waals surface area contributed by atoms with Crippen molar-refractivity contribution in [2.45, 2.75) is 108 Å². The van der Waals surface area contributed by atoms with Gasteiger partial charge < -0.3 is 0 Å². The van der Waals surface area contributed by atoms with E-state index in [1.54, 1.807) is 0 Å². The zero-order valence-corrected chi connectivity index (χ0v) is 27.5. The van der Waals surface area contributed by atoms with Gasteiger partial charge >= 0.3 is 0 Å². The first-order valence-corrected chi connectivity index (χ1v) is 15.0. The van der Waals surface area contributed by atoms with E-state index in [0.29, 0.717) is 0 Å². The van der Waals surface area contributed by atoms with Gasteiger partial charge in [0.25, 0.3) is 0 Å². The molecule has 0 amide bonds. The molecule has 0 N–H and O–H groups in total. The number of hydrogen-bond donors (Lipinski definition) is 0. The van der Waals surface area contributed by atoms with Crippen LogP contribution in [0.1, 0.15) is 108 Å². The third-order valence-corrected chi connectivity index (χ3v) is 6.24. The van der Waals surface area contributed by atoms with Gasteiger partial charge in [-0.05, 0) is 108 Å². The monoisotopic (exact) mass is 538 g/mol. The second-order valence-corrected chi connectivity index (χ2v) is 11.4. The highest BCUT2D eigenvalue weighted by atomic mass is 14.0. The third-order valence-electron chi connectivity index (χ3n) is 6.24. The lowest BCUT2D eigenvalue weighted by Gasteiger charge is -2.00. The molecule has 0 aliphatic heterocycles. The molecule has 0 bridgehead atoms. The summed E-state index contributed by atoms with van der Waals surface area (Å²) in [5, 5.41) is 0. The zero-order valence-electron chi connectivity index (χ0n) is 27.5. The second-order valence-electron chi connectivity index (χ2n) is 11.4. The van der Waals surface area contributed by atoms with Crippen molar-refractivity contribution in [3.05, 3.63) is 142 Å². The Morgan fingerprint density at radius 1 is 0.350 bits per heavy atom. The molecule has 218 valence electrons. The Hall–Kier alpha value is -3.12. The van der Waals surface area contributed by atoms with E-state index >= 15 is 0 Å². The number of allylic oxidation sites excluding steroid dienone is 24. The highest BCUT2D eigenvalue weighted by molar-refractivity contribution is 5.31. The van der Waals surface area contributed by atoms with Crippen molar-refractivity contribution in [2.24, 2.45) is 0 Å². The van der Waals surface area contributed by atoms with Crippen LogP contribution in [0.25, 0.3) is 0 Å². The molecule has 0 radical (unpaired) electrons. The van der Waals surface area contributed by atoms with Gasteiger partial charge in [-0.1, -0.05) is 142 Å². The van der Waals surface area contributed by atoms with Crippen molar-refractivity contribution < 1.29 is 0 Å². The van der Waals surface area contributed by atoms with Crippen LogP contribution in [0.2, 0.25) is 0 Å². The minimum atomic E-state index is 1.11. The van der Waals surface area contributed by atoms with Gasteiger partial charge in [0.05, 0.1) is 0 Å². The molecule has 0 aliphatic rings. The van der Waals surface area contributed by atoms with Gasteiger partial charge in [0.1, 0.15) is 0 Å². The van der Waals surface area contributed by atoms with Crippen LogP contribution >= 0.6 is 0 Å². The Labute approximate surface area is 249 Å². The molecule has 0 aliphatic carbocycles. The Kier molecular flexibility index (Phi) is 21.9. The molecule has 0 heteroatoms. The molecule has 0 spiro atoms. The summed E-state index contributed by atoms with van der Waals surface area (Å²) in [6, 6.07) is 0. The van der Waals surface area contributed by atoms with Crippen LogP contribution in [-0.2, 0) is 0 Å². The van der Waals surface area contributed by atoms with Gasteiger partial charge in [-0.25, -0.2) is 0 Å². The number of hydrogen-bond acceptors (Lipinski definition) is 0. The maximum absolute atomic E-state index is 2.39. The SMILES string of the molecule is CC(C)=CCC/C(C)=C/C=C/C(C)=C/C=C/C(C)=C/C=C\C=C(C)\C=C\C=C(/C)CC/C=C(\C)CCC=C(C)C. The van der Waals surface area contributed by atoms with Crippen LogP contribution in [0.15, 0.2) is 142 Å². The van der Waals surface area contributed by atoms with Gasteiger partial charge in [-0.3, -0.25) is 0 Å². The highest BCUT2D eigenvalue weighted by Crippen LogP contribution is 2.12. The Morgan fingerprint density at radius 3 is 1.07 bits per heavy atom. The Morgan fingerprint density at radius 2 is 0.675 bits per heavy atom. The van der Waals surface area contributed by atoms with E-state index < -0.39 is 0 Å². The molecular weight excluding hydrogens is 480 g/mol. The molecule has 40 heavy (non-hydrogen) atoms. The van der Waals surface area contributed by atoms with Crippen molar-refractivity contribution in [3.63, 3.8) is 0 Å². The fourth-order valence-corrected chi connectivity index (χ4v) is 3.65. The molecule has 0 heterocycles. The predicted octanol–water partition coefficient (Wildman–Crippen LogP) is 13.2. The molecule has 0 saturated carbocycles. The largest absolute Gasteiger partial charge is 0.0856 e. The molecule has 0 rings (SSSR count). The topological polar surface area (TPSA) is 0 Å². The lowest BCUT2D eigenvalue weighted by atomic mass is 10.1. The molecule has 0 aromatic carbocycles. The van der Waals surface area contributed by atoms with Gasteiger partial charge in [0.15, 0.2) is 0 Å². The summed E-state index contributed by atoms with van der Waals surface area (Å²) in [5.41, 5.74) is 10.8. The fourth-order valence-electron chi connectivity index (χ4n) is 3.65. The Bertz CT molecular complexity index is 1100. The fraction of sp³-hybridized carbons (Fsp3) is 0.400. The van der Waals surface area contributed by atoms with Crippen molar-refractivity contribution >= 4 is 0 Å². The van der Waals surface area contributed by atoms with Crippen LogP contribution < -0.4 is 0 Å². The summed E-state index contributed by atoms with van der Waals surface area (Å²) in [5.74, 6) is 0. The van der Waals surface area contributed by atoms with Gasteiger partial charge in [0, 0.05) is 0 Å². The first-order valence-electron chi connectivity index (χ1n) is 15.0. The van der Waals surface area contributed by atoms with E-state index in [1.165, 1.54) is 51.0 Å². The summed E-state index contributed by atoms with van der Waals surface area (Å²) in [6.45, 7) is 21.7. The van der Waals surface area contributed by atoms with Crippen LogP contribution in [0.4, 0.5) is 0 Å². The zero-order chi connectivity index (χ0) is 30.2. The molecule has 0 nitrogen and oxygen atoms in total. The molecule has 0 aromatic heterocycles. The summed E-state index contributed by atoms with van der Waals surface area (Å²) in [7, 11) is 0. The predicted molar refractivity (Wildman–Crippen MR) is 186 cm³/mol. The third kappa shape index (κ3) is 25.2. The lowest BCUT2D eigenvalue weighted by Crippen LogP contribution is -1.80. The summed E-state index contributed by atoms with van der Waals surface area (Å²) in [4.78, 5) is 0. The molecule has 0 atom stereocenters. The van der Waals surface area contributed by atoms with Crippen LogP contribution in [0.3, 0.4) is 0 Å². The lowest BCUT2D eigenvalue weighted by molar-refractivity contribution is 0.918. The van der Waals surface area contributed by atoms with Gasteiger partial charge in [-0.2, -0.15) is 0 Å². The van der Waals surface area contributed by atoms with E-state index in [2.05, 4.69) is 166 Å². The normalized spacial score (nSPS) is 14.8. The van der Waals surface area contributed by atoms with E-state index in [0.717, 1.165) is 32.1 Å². The smallest absolute Gasteiger partial charge is 0.0285 e.